The summed E-state index contributed by atoms with van der Waals surface area (Å²) in [4.78, 5) is 0. The van der Waals surface area contributed by atoms with E-state index in [1.54, 1.807) is 6.07 Å². The first-order chi connectivity index (χ1) is 8.56. The van der Waals surface area contributed by atoms with E-state index in [-0.39, 0.29) is 5.82 Å². The molecule has 0 aliphatic heterocycles. The average molecular weight is 308 g/mol. The predicted molar refractivity (Wildman–Crippen MR) is 77.3 cm³/mol. The lowest BCUT2D eigenvalue weighted by Crippen LogP contribution is -2.02. The molecule has 0 aliphatic rings. The van der Waals surface area contributed by atoms with Crippen molar-refractivity contribution in [2.75, 3.05) is 5.32 Å². The fraction of sp³-hybridized carbons (Fsp3) is 0.200. The van der Waals surface area contributed by atoms with Crippen LogP contribution in [-0.4, -0.2) is 0 Å². The Morgan fingerprint density at radius 1 is 1.11 bits per heavy atom. The van der Waals surface area contributed by atoms with Gasteiger partial charge in [-0.05, 0) is 59.1 Å². The third kappa shape index (κ3) is 3.10. The van der Waals surface area contributed by atoms with Crippen molar-refractivity contribution >= 4 is 21.6 Å². The topological polar surface area (TPSA) is 12.0 Å². The summed E-state index contributed by atoms with van der Waals surface area (Å²) in [6.45, 7) is 4.91. The molecule has 0 spiro atoms. The van der Waals surface area contributed by atoms with Gasteiger partial charge in [0, 0.05) is 16.7 Å². The second kappa shape index (κ2) is 5.53. The minimum Gasteiger partial charge on any atom is -0.380 e. The van der Waals surface area contributed by atoms with E-state index >= 15 is 0 Å². The maximum atomic E-state index is 13.0. The molecule has 0 aromatic heterocycles. The minimum absolute atomic E-state index is 0.237. The highest BCUT2D eigenvalue weighted by atomic mass is 79.9. The quantitative estimate of drug-likeness (QED) is 0.857. The van der Waals surface area contributed by atoms with Crippen molar-refractivity contribution in [3.63, 3.8) is 0 Å². The SMILES string of the molecule is Cc1ccc(C)c(CNc2ccc(F)cc2Br)c1. The lowest BCUT2D eigenvalue weighted by atomic mass is 10.1. The zero-order chi connectivity index (χ0) is 13.1. The standard InChI is InChI=1S/C15H15BrFN/c1-10-3-4-11(2)12(7-10)9-18-15-6-5-13(17)8-14(15)16/h3-8,18H,9H2,1-2H3. The maximum Gasteiger partial charge on any atom is 0.124 e. The summed E-state index contributed by atoms with van der Waals surface area (Å²) in [6.07, 6.45) is 0. The van der Waals surface area contributed by atoms with E-state index < -0.39 is 0 Å². The number of benzene rings is 2. The van der Waals surface area contributed by atoms with Gasteiger partial charge in [0.1, 0.15) is 5.82 Å². The molecule has 0 heterocycles. The molecule has 0 saturated heterocycles. The minimum atomic E-state index is -0.237. The predicted octanol–water partition coefficient (Wildman–Crippen LogP) is 4.82. The molecule has 2 rings (SSSR count). The summed E-state index contributed by atoms with van der Waals surface area (Å²) in [7, 11) is 0. The molecule has 0 radical (unpaired) electrons. The average Bonchev–Trinajstić information content (AvgIpc) is 2.32. The van der Waals surface area contributed by atoms with Crippen molar-refractivity contribution in [2.24, 2.45) is 0 Å². The van der Waals surface area contributed by atoms with E-state index in [4.69, 9.17) is 0 Å². The second-order valence-corrected chi connectivity index (χ2v) is 5.26. The molecule has 0 amide bonds. The summed E-state index contributed by atoms with van der Waals surface area (Å²) < 4.78 is 13.7. The Morgan fingerprint density at radius 2 is 1.89 bits per heavy atom. The van der Waals surface area contributed by atoms with Gasteiger partial charge in [-0.15, -0.1) is 0 Å². The highest BCUT2D eigenvalue weighted by Crippen LogP contribution is 2.24. The Kier molecular flexibility index (Phi) is 4.02. The molecule has 0 saturated carbocycles. The zero-order valence-electron chi connectivity index (χ0n) is 10.4. The van der Waals surface area contributed by atoms with Gasteiger partial charge in [-0.3, -0.25) is 0 Å². The van der Waals surface area contributed by atoms with Crippen LogP contribution in [0.15, 0.2) is 40.9 Å². The van der Waals surface area contributed by atoms with Gasteiger partial charge < -0.3 is 5.32 Å². The molecule has 0 bridgehead atoms. The van der Waals surface area contributed by atoms with Gasteiger partial charge in [0.2, 0.25) is 0 Å². The highest BCUT2D eigenvalue weighted by Gasteiger charge is 2.03. The monoisotopic (exact) mass is 307 g/mol. The lowest BCUT2D eigenvalue weighted by molar-refractivity contribution is 0.627. The van der Waals surface area contributed by atoms with E-state index in [9.17, 15) is 4.39 Å². The molecule has 1 N–H and O–H groups in total. The largest absolute Gasteiger partial charge is 0.380 e. The number of hydrogen-bond donors (Lipinski definition) is 1. The Bertz CT molecular complexity index is 566. The first-order valence-electron chi connectivity index (χ1n) is 5.81. The molecule has 0 atom stereocenters. The van der Waals surface area contributed by atoms with Crippen LogP contribution in [0.2, 0.25) is 0 Å². The maximum absolute atomic E-state index is 13.0. The summed E-state index contributed by atoms with van der Waals surface area (Å²) in [5.41, 5.74) is 4.66. The smallest absolute Gasteiger partial charge is 0.124 e. The Hall–Kier alpha value is -1.35. The normalized spacial score (nSPS) is 10.4. The second-order valence-electron chi connectivity index (χ2n) is 4.41. The Labute approximate surface area is 115 Å². The highest BCUT2D eigenvalue weighted by molar-refractivity contribution is 9.10. The first-order valence-corrected chi connectivity index (χ1v) is 6.60. The third-order valence-electron chi connectivity index (χ3n) is 2.91. The fourth-order valence-corrected chi connectivity index (χ4v) is 2.31. The van der Waals surface area contributed by atoms with Crippen LogP contribution in [0.1, 0.15) is 16.7 Å². The number of rotatable bonds is 3. The molecule has 18 heavy (non-hydrogen) atoms. The molecule has 0 fully saturated rings. The van der Waals surface area contributed by atoms with E-state index in [1.807, 2.05) is 0 Å². The van der Waals surface area contributed by atoms with Crippen molar-refractivity contribution in [2.45, 2.75) is 20.4 Å². The number of halogens is 2. The van der Waals surface area contributed by atoms with Crippen LogP contribution >= 0.6 is 15.9 Å². The van der Waals surface area contributed by atoms with Crippen molar-refractivity contribution in [3.8, 4) is 0 Å². The van der Waals surface area contributed by atoms with Crippen LogP contribution in [-0.2, 0) is 6.54 Å². The van der Waals surface area contributed by atoms with Gasteiger partial charge in [-0.1, -0.05) is 23.8 Å². The first kappa shape index (κ1) is 13.1. The van der Waals surface area contributed by atoms with Crippen LogP contribution in [0.4, 0.5) is 10.1 Å². The summed E-state index contributed by atoms with van der Waals surface area (Å²) in [5, 5.41) is 3.31. The molecular formula is C15H15BrFN. The number of anilines is 1. The van der Waals surface area contributed by atoms with Crippen LogP contribution in [0.25, 0.3) is 0 Å². The molecule has 1 nitrogen and oxygen atoms in total. The molecule has 0 unspecified atom stereocenters. The van der Waals surface area contributed by atoms with Gasteiger partial charge >= 0.3 is 0 Å². The van der Waals surface area contributed by atoms with Gasteiger partial charge in [-0.2, -0.15) is 0 Å². The molecule has 94 valence electrons. The van der Waals surface area contributed by atoms with Crippen molar-refractivity contribution in [3.05, 3.63) is 63.4 Å². The fourth-order valence-electron chi connectivity index (χ4n) is 1.81. The van der Waals surface area contributed by atoms with Crippen LogP contribution in [0.5, 0.6) is 0 Å². The number of hydrogen-bond acceptors (Lipinski definition) is 1. The Balaban J connectivity index is 2.13. The van der Waals surface area contributed by atoms with Crippen LogP contribution < -0.4 is 5.32 Å². The molecule has 2 aromatic carbocycles. The molecule has 2 aromatic rings. The van der Waals surface area contributed by atoms with E-state index in [0.29, 0.717) is 0 Å². The van der Waals surface area contributed by atoms with Crippen molar-refractivity contribution < 1.29 is 4.39 Å². The van der Waals surface area contributed by atoms with Gasteiger partial charge in [0.15, 0.2) is 0 Å². The third-order valence-corrected chi connectivity index (χ3v) is 3.56. The van der Waals surface area contributed by atoms with Crippen molar-refractivity contribution in [1.82, 2.24) is 0 Å². The van der Waals surface area contributed by atoms with Crippen LogP contribution in [0, 0.1) is 19.7 Å². The van der Waals surface area contributed by atoms with E-state index in [0.717, 1.165) is 16.7 Å². The molecular weight excluding hydrogens is 293 g/mol. The van der Waals surface area contributed by atoms with Gasteiger partial charge in [0.25, 0.3) is 0 Å². The Morgan fingerprint density at radius 3 is 2.61 bits per heavy atom. The van der Waals surface area contributed by atoms with Crippen molar-refractivity contribution in [1.29, 1.82) is 0 Å². The van der Waals surface area contributed by atoms with E-state index in [1.165, 1.54) is 28.8 Å². The number of aryl methyl sites for hydroxylation is 2. The zero-order valence-corrected chi connectivity index (χ0v) is 12.0. The number of nitrogens with one attached hydrogen (secondary N) is 1. The summed E-state index contributed by atoms with van der Waals surface area (Å²) in [6, 6.07) is 11.0. The van der Waals surface area contributed by atoms with Gasteiger partial charge in [-0.25, -0.2) is 4.39 Å². The van der Waals surface area contributed by atoms with Gasteiger partial charge in [0.05, 0.1) is 0 Å². The summed E-state index contributed by atoms with van der Waals surface area (Å²) in [5.74, 6) is -0.237. The van der Waals surface area contributed by atoms with Crippen LogP contribution in [0.3, 0.4) is 0 Å². The molecule has 0 aliphatic carbocycles. The van der Waals surface area contributed by atoms with E-state index in [2.05, 4.69) is 53.3 Å². The molecule has 3 heteroatoms. The lowest BCUT2D eigenvalue weighted by Gasteiger charge is -2.11. The summed E-state index contributed by atoms with van der Waals surface area (Å²) >= 11 is 3.35.